The Morgan fingerprint density at radius 3 is 2.83 bits per heavy atom. The number of carbonyl (C=O) groups is 1. The molecule has 2 rings (SSSR count). The summed E-state index contributed by atoms with van der Waals surface area (Å²) in [6, 6.07) is 0. The van der Waals surface area contributed by atoms with Crippen LogP contribution in [0.4, 0.5) is 0 Å². The number of hydrogen-bond acceptors (Lipinski definition) is 3. The average Bonchev–Trinajstić information content (AvgIpc) is 2.53. The van der Waals surface area contributed by atoms with E-state index in [0.717, 1.165) is 18.4 Å². The molecule has 3 nitrogen and oxygen atoms in total. The lowest BCUT2D eigenvalue weighted by Gasteiger charge is -2.23. The van der Waals surface area contributed by atoms with E-state index in [1.54, 1.807) is 0 Å². The van der Waals surface area contributed by atoms with E-state index in [0.29, 0.717) is 12.0 Å². The molecule has 0 radical (unpaired) electrons. The smallest absolute Gasteiger partial charge is 0.334 e. The number of carbonyl (C=O) groups excluding carboxylic acids is 1. The largest absolute Gasteiger partial charge is 0.454 e. The minimum absolute atomic E-state index is 0.311. The molecular formula is C15H20O3. The zero-order chi connectivity index (χ0) is 13.3. The van der Waals surface area contributed by atoms with E-state index in [9.17, 15) is 9.90 Å². The molecule has 2 aliphatic rings. The Bertz CT molecular complexity index is 431. The van der Waals surface area contributed by atoms with Crippen molar-refractivity contribution in [2.24, 2.45) is 5.92 Å². The van der Waals surface area contributed by atoms with Gasteiger partial charge in [-0.1, -0.05) is 23.8 Å². The Labute approximate surface area is 108 Å². The van der Waals surface area contributed by atoms with E-state index in [1.165, 1.54) is 5.57 Å². The lowest BCUT2D eigenvalue weighted by atomic mass is 9.86. The number of esters is 1. The topological polar surface area (TPSA) is 46.5 Å². The van der Waals surface area contributed by atoms with Crippen LogP contribution in [0.2, 0.25) is 0 Å². The highest BCUT2D eigenvalue weighted by Crippen LogP contribution is 2.34. The monoisotopic (exact) mass is 248 g/mol. The second-order valence-corrected chi connectivity index (χ2v) is 5.29. The maximum absolute atomic E-state index is 11.6. The number of aliphatic hydroxyl groups excluding tert-OH is 1. The molecule has 3 heteroatoms. The van der Waals surface area contributed by atoms with E-state index < -0.39 is 6.10 Å². The molecule has 0 aromatic rings. The molecule has 0 unspecified atom stereocenters. The van der Waals surface area contributed by atoms with Crippen LogP contribution in [0.1, 0.15) is 33.1 Å². The van der Waals surface area contributed by atoms with Gasteiger partial charge in [0.2, 0.25) is 0 Å². The zero-order valence-electron chi connectivity index (χ0n) is 11.0. The normalized spacial score (nSPS) is 33.4. The highest BCUT2D eigenvalue weighted by molar-refractivity contribution is 5.91. The molecule has 1 aliphatic heterocycles. The SMILES string of the molecule is C=C1C(=O)O[C@@H]2C=C(C)CCC=C(C)C[C@H](O)[C@@H]12. The number of aliphatic hydroxyl groups is 1. The number of hydrogen-bond donors (Lipinski definition) is 1. The van der Waals surface area contributed by atoms with Crippen LogP contribution in [0.25, 0.3) is 0 Å². The molecule has 1 aliphatic carbocycles. The summed E-state index contributed by atoms with van der Waals surface area (Å²) in [7, 11) is 0. The van der Waals surface area contributed by atoms with Crippen LogP contribution >= 0.6 is 0 Å². The molecule has 0 aromatic carbocycles. The number of allylic oxidation sites excluding steroid dienone is 2. The summed E-state index contributed by atoms with van der Waals surface area (Å²) in [6.45, 7) is 7.81. The van der Waals surface area contributed by atoms with E-state index >= 15 is 0 Å². The van der Waals surface area contributed by atoms with E-state index in [2.05, 4.69) is 12.7 Å². The molecule has 1 fully saturated rings. The van der Waals surface area contributed by atoms with Gasteiger partial charge in [-0.2, -0.15) is 0 Å². The maximum Gasteiger partial charge on any atom is 0.334 e. The van der Waals surface area contributed by atoms with Crippen LogP contribution in [0.5, 0.6) is 0 Å². The lowest BCUT2D eigenvalue weighted by molar-refractivity contribution is -0.137. The molecule has 0 bridgehead atoms. The van der Waals surface area contributed by atoms with Gasteiger partial charge in [0.15, 0.2) is 0 Å². The van der Waals surface area contributed by atoms with Crippen molar-refractivity contribution in [1.29, 1.82) is 0 Å². The summed E-state index contributed by atoms with van der Waals surface area (Å²) in [4.78, 5) is 11.6. The fourth-order valence-corrected chi connectivity index (χ4v) is 2.65. The Balaban J connectivity index is 2.33. The van der Waals surface area contributed by atoms with Crippen molar-refractivity contribution in [1.82, 2.24) is 0 Å². The third kappa shape index (κ3) is 2.56. The number of fused-ring (bicyclic) bond motifs is 1. The third-order valence-corrected chi connectivity index (χ3v) is 3.69. The minimum Gasteiger partial charge on any atom is -0.454 e. The molecule has 0 saturated carbocycles. The first kappa shape index (κ1) is 13.1. The van der Waals surface area contributed by atoms with Gasteiger partial charge in [0.25, 0.3) is 0 Å². The lowest BCUT2D eigenvalue weighted by Crippen LogP contribution is -2.28. The zero-order valence-corrected chi connectivity index (χ0v) is 11.0. The predicted molar refractivity (Wildman–Crippen MR) is 69.9 cm³/mol. The summed E-state index contributed by atoms with van der Waals surface area (Å²) < 4.78 is 5.29. The quantitative estimate of drug-likeness (QED) is 0.407. The standard InChI is InChI=1S/C15H20O3/c1-9-5-4-6-10(2)8-13-14(12(16)7-9)11(3)15(17)18-13/h5,8,12-14,16H,3-4,6-7H2,1-2H3/t12-,13+,14+/m0/s1. The van der Waals surface area contributed by atoms with Crippen molar-refractivity contribution in [2.45, 2.75) is 45.3 Å². The van der Waals surface area contributed by atoms with E-state index in [-0.39, 0.29) is 18.0 Å². The average molecular weight is 248 g/mol. The van der Waals surface area contributed by atoms with Gasteiger partial charge in [0.05, 0.1) is 12.0 Å². The second kappa shape index (κ2) is 5.11. The molecule has 3 atom stereocenters. The molecular weight excluding hydrogens is 228 g/mol. The van der Waals surface area contributed by atoms with Crippen molar-refractivity contribution in [3.8, 4) is 0 Å². The van der Waals surface area contributed by atoms with Crippen LogP contribution in [0.15, 0.2) is 35.5 Å². The van der Waals surface area contributed by atoms with E-state index in [4.69, 9.17) is 4.74 Å². The van der Waals surface area contributed by atoms with Crippen LogP contribution in [-0.4, -0.2) is 23.3 Å². The summed E-state index contributed by atoms with van der Waals surface area (Å²) in [5.74, 6) is -0.692. The Kier molecular flexibility index (Phi) is 3.71. The first-order valence-electron chi connectivity index (χ1n) is 6.40. The van der Waals surface area contributed by atoms with Gasteiger partial charge in [-0.05, 0) is 39.2 Å². The Hall–Kier alpha value is -1.35. The predicted octanol–water partition coefficient (Wildman–Crippen LogP) is 2.52. The second-order valence-electron chi connectivity index (χ2n) is 5.29. The fraction of sp³-hybridized carbons (Fsp3) is 0.533. The van der Waals surface area contributed by atoms with Gasteiger partial charge < -0.3 is 9.84 Å². The molecule has 0 amide bonds. The van der Waals surface area contributed by atoms with Crippen molar-refractivity contribution in [3.63, 3.8) is 0 Å². The summed E-state index contributed by atoms with van der Waals surface area (Å²) in [5, 5.41) is 10.3. The van der Waals surface area contributed by atoms with Gasteiger partial charge in [0, 0.05) is 5.57 Å². The maximum atomic E-state index is 11.6. The van der Waals surface area contributed by atoms with Crippen molar-refractivity contribution in [3.05, 3.63) is 35.5 Å². The van der Waals surface area contributed by atoms with Gasteiger partial charge in [0.1, 0.15) is 6.10 Å². The third-order valence-electron chi connectivity index (χ3n) is 3.69. The van der Waals surface area contributed by atoms with Crippen LogP contribution in [0, 0.1) is 5.92 Å². The van der Waals surface area contributed by atoms with E-state index in [1.807, 2.05) is 19.9 Å². The first-order chi connectivity index (χ1) is 8.49. The number of rotatable bonds is 0. The molecule has 1 saturated heterocycles. The summed E-state index contributed by atoms with van der Waals surface area (Å²) in [5.41, 5.74) is 2.73. The van der Waals surface area contributed by atoms with Gasteiger partial charge in [-0.25, -0.2) is 4.79 Å². The Morgan fingerprint density at radius 1 is 1.39 bits per heavy atom. The Morgan fingerprint density at radius 2 is 2.11 bits per heavy atom. The highest BCUT2D eigenvalue weighted by atomic mass is 16.6. The van der Waals surface area contributed by atoms with Gasteiger partial charge in [-0.3, -0.25) is 0 Å². The highest BCUT2D eigenvalue weighted by Gasteiger charge is 2.41. The van der Waals surface area contributed by atoms with Gasteiger partial charge in [-0.15, -0.1) is 0 Å². The molecule has 18 heavy (non-hydrogen) atoms. The van der Waals surface area contributed by atoms with Crippen LogP contribution in [-0.2, 0) is 9.53 Å². The molecule has 1 heterocycles. The van der Waals surface area contributed by atoms with Crippen molar-refractivity contribution >= 4 is 5.97 Å². The first-order valence-corrected chi connectivity index (χ1v) is 6.40. The van der Waals surface area contributed by atoms with Crippen molar-refractivity contribution in [2.75, 3.05) is 0 Å². The van der Waals surface area contributed by atoms with Crippen LogP contribution in [0.3, 0.4) is 0 Å². The van der Waals surface area contributed by atoms with Crippen molar-refractivity contribution < 1.29 is 14.6 Å². The number of ether oxygens (including phenoxy) is 1. The van der Waals surface area contributed by atoms with Gasteiger partial charge >= 0.3 is 5.97 Å². The molecule has 98 valence electrons. The summed E-state index contributed by atoms with van der Waals surface area (Å²) >= 11 is 0. The molecule has 1 N–H and O–H groups in total. The minimum atomic E-state index is -0.604. The van der Waals surface area contributed by atoms with Crippen LogP contribution < -0.4 is 0 Å². The summed E-state index contributed by atoms with van der Waals surface area (Å²) in [6.07, 6.45) is 5.65. The molecule has 0 spiro atoms. The molecule has 0 aromatic heterocycles. The fourth-order valence-electron chi connectivity index (χ4n) is 2.65.